The van der Waals surface area contributed by atoms with Gasteiger partial charge in [0.25, 0.3) is 11.8 Å². The van der Waals surface area contributed by atoms with Crippen LogP contribution in [0.4, 0.5) is 11.4 Å². The van der Waals surface area contributed by atoms with Gasteiger partial charge in [0.1, 0.15) is 11.4 Å². The molecule has 1 aromatic carbocycles. The van der Waals surface area contributed by atoms with Crippen LogP contribution in [0.2, 0.25) is 0 Å². The van der Waals surface area contributed by atoms with Crippen molar-refractivity contribution >= 4 is 23.2 Å². The lowest BCUT2D eigenvalue weighted by atomic mass is 10.1. The molecule has 1 N–H and O–H groups in total. The van der Waals surface area contributed by atoms with Crippen molar-refractivity contribution in [2.24, 2.45) is 0 Å². The first-order valence-corrected chi connectivity index (χ1v) is 10.2. The quantitative estimate of drug-likeness (QED) is 0.863. The molecule has 2 aromatic rings. The van der Waals surface area contributed by atoms with Gasteiger partial charge in [-0.2, -0.15) is 0 Å². The molecule has 0 atom stereocenters. The topological polar surface area (TPSA) is 74.8 Å². The molecule has 0 spiro atoms. The number of benzene rings is 1. The number of amides is 2. The number of rotatable bonds is 4. The summed E-state index contributed by atoms with van der Waals surface area (Å²) in [5, 5.41) is 2.96. The molecule has 7 heteroatoms. The van der Waals surface area contributed by atoms with E-state index < -0.39 is 0 Å². The van der Waals surface area contributed by atoms with E-state index in [0.717, 1.165) is 56.8 Å². The fourth-order valence-electron chi connectivity index (χ4n) is 3.78. The van der Waals surface area contributed by atoms with E-state index in [2.05, 4.69) is 15.2 Å². The minimum Gasteiger partial charge on any atom is -0.378 e. The van der Waals surface area contributed by atoms with Crippen molar-refractivity contribution in [2.75, 3.05) is 49.6 Å². The molecule has 2 amide bonds. The number of nitrogens with zero attached hydrogens (tertiary/aromatic N) is 3. The Kier molecular flexibility index (Phi) is 6.05. The molecule has 7 nitrogen and oxygen atoms in total. The van der Waals surface area contributed by atoms with Gasteiger partial charge in [-0.15, -0.1) is 0 Å². The standard InChI is InChI=1S/C22H26N4O3/c27-21(24-17-7-2-3-10-20(17)25-13-15-29-16-14-25)18-8-6-9-19(23-18)22(28)26-11-4-1-5-12-26/h2-3,6-10H,1,4-5,11-16H2,(H,24,27). The molecular formula is C22H26N4O3. The number of hydrogen-bond donors (Lipinski definition) is 1. The van der Waals surface area contributed by atoms with Gasteiger partial charge in [0, 0.05) is 26.2 Å². The number of anilines is 2. The van der Waals surface area contributed by atoms with Crippen molar-refractivity contribution in [1.29, 1.82) is 0 Å². The Morgan fingerprint density at radius 2 is 1.59 bits per heavy atom. The lowest BCUT2D eigenvalue weighted by Crippen LogP contribution is -2.37. The molecule has 29 heavy (non-hydrogen) atoms. The molecule has 2 saturated heterocycles. The summed E-state index contributed by atoms with van der Waals surface area (Å²) in [4.78, 5) is 33.9. The second-order valence-electron chi connectivity index (χ2n) is 7.33. The molecular weight excluding hydrogens is 368 g/mol. The van der Waals surface area contributed by atoms with Crippen LogP contribution in [-0.4, -0.2) is 61.1 Å². The Bertz CT molecular complexity index is 874. The second kappa shape index (κ2) is 9.05. The minimum atomic E-state index is -0.320. The number of piperidine rings is 1. The van der Waals surface area contributed by atoms with Gasteiger partial charge in [-0.05, 0) is 43.5 Å². The number of aromatic nitrogens is 1. The number of para-hydroxylation sites is 2. The van der Waals surface area contributed by atoms with Crippen LogP contribution in [0.15, 0.2) is 42.5 Å². The van der Waals surface area contributed by atoms with Crippen molar-refractivity contribution in [3.8, 4) is 0 Å². The monoisotopic (exact) mass is 394 g/mol. The summed E-state index contributed by atoms with van der Waals surface area (Å²) in [6.07, 6.45) is 3.19. The van der Waals surface area contributed by atoms with Gasteiger partial charge in [0.05, 0.1) is 24.6 Å². The third-order valence-electron chi connectivity index (χ3n) is 5.35. The highest BCUT2D eigenvalue weighted by atomic mass is 16.5. The number of carbonyl (C=O) groups excluding carboxylic acids is 2. The SMILES string of the molecule is O=C(Nc1ccccc1N1CCOCC1)c1cccc(C(=O)N2CCCCC2)n1. The third kappa shape index (κ3) is 4.56. The van der Waals surface area contributed by atoms with Gasteiger partial charge >= 0.3 is 0 Å². The van der Waals surface area contributed by atoms with Crippen LogP contribution in [0.3, 0.4) is 0 Å². The number of carbonyl (C=O) groups is 2. The maximum absolute atomic E-state index is 12.9. The van der Waals surface area contributed by atoms with Gasteiger partial charge in [0.2, 0.25) is 0 Å². The van der Waals surface area contributed by atoms with Gasteiger partial charge in [0.15, 0.2) is 0 Å². The lowest BCUT2D eigenvalue weighted by molar-refractivity contribution is 0.0718. The van der Waals surface area contributed by atoms with Crippen molar-refractivity contribution in [1.82, 2.24) is 9.88 Å². The fraction of sp³-hybridized carbons (Fsp3) is 0.409. The van der Waals surface area contributed by atoms with Crippen LogP contribution in [0.5, 0.6) is 0 Å². The summed E-state index contributed by atoms with van der Waals surface area (Å²) in [5.41, 5.74) is 2.25. The number of hydrogen-bond acceptors (Lipinski definition) is 5. The van der Waals surface area contributed by atoms with Crippen molar-refractivity contribution in [3.63, 3.8) is 0 Å². The molecule has 2 aliphatic rings. The van der Waals surface area contributed by atoms with Gasteiger partial charge in [-0.1, -0.05) is 18.2 Å². The number of morpholine rings is 1. The van der Waals surface area contributed by atoms with Gasteiger partial charge in [-0.3, -0.25) is 9.59 Å². The molecule has 152 valence electrons. The zero-order valence-electron chi connectivity index (χ0n) is 16.5. The average Bonchev–Trinajstić information content (AvgIpc) is 2.80. The van der Waals surface area contributed by atoms with E-state index in [-0.39, 0.29) is 17.5 Å². The van der Waals surface area contributed by atoms with Crippen molar-refractivity contribution in [2.45, 2.75) is 19.3 Å². The smallest absolute Gasteiger partial charge is 0.274 e. The molecule has 2 fully saturated rings. The van der Waals surface area contributed by atoms with Crippen LogP contribution in [0.25, 0.3) is 0 Å². The van der Waals surface area contributed by atoms with Gasteiger partial charge in [-0.25, -0.2) is 4.98 Å². The first-order valence-electron chi connectivity index (χ1n) is 10.2. The van der Waals surface area contributed by atoms with Crippen molar-refractivity contribution in [3.05, 3.63) is 53.9 Å². The minimum absolute atomic E-state index is 0.104. The molecule has 3 heterocycles. The van der Waals surface area contributed by atoms with E-state index in [0.29, 0.717) is 18.9 Å². The number of pyridine rings is 1. The van der Waals surface area contributed by atoms with E-state index in [9.17, 15) is 9.59 Å². The van der Waals surface area contributed by atoms with Crippen LogP contribution in [-0.2, 0) is 4.74 Å². The first-order chi connectivity index (χ1) is 14.2. The Balaban J connectivity index is 1.50. The summed E-state index contributed by atoms with van der Waals surface area (Å²) in [5.74, 6) is -0.424. The van der Waals surface area contributed by atoms with Crippen LogP contribution >= 0.6 is 0 Å². The molecule has 1 aromatic heterocycles. The third-order valence-corrected chi connectivity index (χ3v) is 5.35. The van der Waals surface area contributed by atoms with Crippen molar-refractivity contribution < 1.29 is 14.3 Å². The normalized spacial score (nSPS) is 17.1. The molecule has 0 bridgehead atoms. The molecule has 0 saturated carbocycles. The molecule has 4 rings (SSSR count). The molecule has 2 aliphatic heterocycles. The predicted molar refractivity (Wildman–Crippen MR) is 111 cm³/mol. The summed E-state index contributed by atoms with van der Waals surface area (Å²) in [6, 6.07) is 12.7. The fourth-order valence-corrected chi connectivity index (χ4v) is 3.78. The van der Waals surface area contributed by atoms with Crippen LogP contribution in [0, 0.1) is 0 Å². The highest BCUT2D eigenvalue weighted by Crippen LogP contribution is 2.26. The Morgan fingerprint density at radius 3 is 2.38 bits per heavy atom. The second-order valence-corrected chi connectivity index (χ2v) is 7.33. The van der Waals surface area contributed by atoms with E-state index in [4.69, 9.17) is 4.74 Å². The van der Waals surface area contributed by atoms with E-state index in [1.807, 2.05) is 29.2 Å². The Labute approximate surface area is 170 Å². The van der Waals surface area contributed by atoms with E-state index in [1.54, 1.807) is 18.2 Å². The first kappa shape index (κ1) is 19.4. The number of likely N-dealkylation sites (tertiary alicyclic amines) is 1. The zero-order valence-corrected chi connectivity index (χ0v) is 16.5. The Morgan fingerprint density at radius 1 is 0.862 bits per heavy atom. The maximum atomic E-state index is 12.9. The number of nitrogens with one attached hydrogen (secondary N) is 1. The summed E-state index contributed by atoms with van der Waals surface area (Å²) in [6.45, 7) is 4.42. The average molecular weight is 394 g/mol. The lowest BCUT2D eigenvalue weighted by Gasteiger charge is -2.30. The summed E-state index contributed by atoms with van der Waals surface area (Å²) < 4.78 is 5.42. The predicted octanol–water partition coefficient (Wildman–Crippen LogP) is 2.80. The molecule has 0 radical (unpaired) electrons. The summed E-state index contributed by atoms with van der Waals surface area (Å²) >= 11 is 0. The highest BCUT2D eigenvalue weighted by Gasteiger charge is 2.21. The number of ether oxygens (including phenoxy) is 1. The van der Waals surface area contributed by atoms with Crippen LogP contribution in [0.1, 0.15) is 40.2 Å². The van der Waals surface area contributed by atoms with E-state index in [1.165, 1.54) is 0 Å². The molecule has 0 aliphatic carbocycles. The summed E-state index contributed by atoms with van der Waals surface area (Å²) in [7, 11) is 0. The van der Waals surface area contributed by atoms with E-state index >= 15 is 0 Å². The zero-order chi connectivity index (χ0) is 20.1. The van der Waals surface area contributed by atoms with Crippen LogP contribution < -0.4 is 10.2 Å². The maximum Gasteiger partial charge on any atom is 0.274 e. The van der Waals surface area contributed by atoms with Gasteiger partial charge < -0.3 is 19.9 Å². The largest absolute Gasteiger partial charge is 0.378 e. The Hall–Kier alpha value is -2.93. The highest BCUT2D eigenvalue weighted by molar-refractivity contribution is 6.05. The molecule has 0 unspecified atom stereocenters.